The molecule has 2 aromatic carbocycles. The molecule has 0 aromatic heterocycles. The molecule has 2 rings (SSSR count). The van der Waals surface area contributed by atoms with Crippen molar-refractivity contribution >= 4 is 0 Å². The second-order valence-electron chi connectivity index (χ2n) is 5.46. The standard InChI is InChI=1S/C18H21F2NO2/c19-16-7-6-15(12-17(16)20)18(23)8-9-21(10-11-22)13-14-4-2-1-3-5-14/h1-7,12,18,22-23H,8-11,13H2. The molecule has 124 valence electrons. The molecule has 0 spiro atoms. The third-order valence-electron chi connectivity index (χ3n) is 3.71. The highest BCUT2D eigenvalue weighted by Gasteiger charge is 2.13. The Hall–Kier alpha value is -1.82. The third kappa shape index (κ3) is 5.39. The molecule has 0 fully saturated rings. The van der Waals surface area contributed by atoms with E-state index in [-0.39, 0.29) is 6.61 Å². The molecule has 0 bridgehead atoms. The number of halogens is 2. The second-order valence-corrected chi connectivity index (χ2v) is 5.46. The summed E-state index contributed by atoms with van der Waals surface area (Å²) < 4.78 is 26.1. The SMILES string of the molecule is OCCN(CCC(O)c1ccc(F)c(F)c1)Cc1ccccc1. The van der Waals surface area contributed by atoms with Crippen LogP contribution < -0.4 is 0 Å². The van der Waals surface area contributed by atoms with Crippen LogP contribution in [0.2, 0.25) is 0 Å². The van der Waals surface area contributed by atoms with Gasteiger partial charge in [-0.05, 0) is 29.7 Å². The van der Waals surface area contributed by atoms with Gasteiger partial charge < -0.3 is 10.2 Å². The Balaban J connectivity index is 1.93. The lowest BCUT2D eigenvalue weighted by molar-refractivity contribution is 0.127. The van der Waals surface area contributed by atoms with Gasteiger partial charge in [0.15, 0.2) is 11.6 Å². The Morgan fingerprint density at radius 1 is 0.957 bits per heavy atom. The zero-order valence-corrected chi connectivity index (χ0v) is 12.8. The van der Waals surface area contributed by atoms with Crippen LogP contribution >= 0.6 is 0 Å². The van der Waals surface area contributed by atoms with E-state index in [4.69, 9.17) is 5.11 Å². The highest BCUT2D eigenvalue weighted by atomic mass is 19.2. The summed E-state index contributed by atoms with van der Waals surface area (Å²) in [5.74, 6) is -1.88. The molecule has 0 saturated carbocycles. The van der Waals surface area contributed by atoms with Crippen molar-refractivity contribution < 1.29 is 19.0 Å². The normalized spacial score (nSPS) is 12.6. The van der Waals surface area contributed by atoms with Crippen molar-refractivity contribution in [1.82, 2.24) is 4.90 Å². The summed E-state index contributed by atoms with van der Waals surface area (Å²) in [4.78, 5) is 2.01. The predicted octanol–water partition coefficient (Wildman–Crippen LogP) is 2.88. The smallest absolute Gasteiger partial charge is 0.159 e. The fourth-order valence-electron chi connectivity index (χ4n) is 2.44. The van der Waals surface area contributed by atoms with E-state index in [1.54, 1.807) is 0 Å². The topological polar surface area (TPSA) is 43.7 Å². The summed E-state index contributed by atoms with van der Waals surface area (Å²) in [6.07, 6.45) is -0.500. The van der Waals surface area contributed by atoms with Gasteiger partial charge in [0, 0.05) is 19.6 Å². The second kappa shape index (κ2) is 8.72. The van der Waals surface area contributed by atoms with Gasteiger partial charge in [0.1, 0.15) is 0 Å². The van der Waals surface area contributed by atoms with Crippen molar-refractivity contribution in [3.05, 3.63) is 71.3 Å². The Morgan fingerprint density at radius 2 is 1.70 bits per heavy atom. The molecule has 23 heavy (non-hydrogen) atoms. The maximum Gasteiger partial charge on any atom is 0.159 e. The fraction of sp³-hybridized carbons (Fsp3) is 0.333. The molecule has 2 aromatic rings. The highest BCUT2D eigenvalue weighted by Crippen LogP contribution is 2.20. The lowest BCUT2D eigenvalue weighted by Crippen LogP contribution is -2.28. The molecule has 3 nitrogen and oxygen atoms in total. The van der Waals surface area contributed by atoms with E-state index in [0.29, 0.717) is 31.6 Å². The number of rotatable bonds is 8. The van der Waals surface area contributed by atoms with Crippen LogP contribution in [0.4, 0.5) is 8.78 Å². The van der Waals surface area contributed by atoms with Crippen LogP contribution in [-0.2, 0) is 6.54 Å². The van der Waals surface area contributed by atoms with E-state index >= 15 is 0 Å². The van der Waals surface area contributed by atoms with E-state index in [9.17, 15) is 13.9 Å². The Bertz CT molecular complexity index is 607. The number of benzene rings is 2. The summed E-state index contributed by atoms with van der Waals surface area (Å²) in [7, 11) is 0. The van der Waals surface area contributed by atoms with Gasteiger partial charge in [-0.25, -0.2) is 8.78 Å². The van der Waals surface area contributed by atoms with E-state index in [1.165, 1.54) is 6.07 Å². The summed E-state index contributed by atoms with van der Waals surface area (Å²) in [5, 5.41) is 19.3. The van der Waals surface area contributed by atoms with Crippen LogP contribution in [0, 0.1) is 11.6 Å². The van der Waals surface area contributed by atoms with E-state index in [0.717, 1.165) is 17.7 Å². The molecule has 0 saturated heterocycles. The van der Waals surface area contributed by atoms with Gasteiger partial charge in [0.2, 0.25) is 0 Å². The molecule has 1 unspecified atom stereocenters. The van der Waals surface area contributed by atoms with Gasteiger partial charge in [0.05, 0.1) is 12.7 Å². The first-order valence-corrected chi connectivity index (χ1v) is 7.60. The van der Waals surface area contributed by atoms with E-state index in [1.807, 2.05) is 35.2 Å². The van der Waals surface area contributed by atoms with E-state index in [2.05, 4.69) is 0 Å². The maximum absolute atomic E-state index is 13.2. The monoisotopic (exact) mass is 321 g/mol. The van der Waals surface area contributed by atoms with Crippen molar-refractivity contribution in [2.45, 2.75) is 19.1 Å². The minimum absolute atomic E-state index is 0.0219. The number of aliphatic hydroxyl groups is 2. The lowest BCUT2D eigenvalue weighted by atomic mass is 10.1. The molecule has 0 amide bonds. The molecule has 0 heterocycles. The Labute approximate surface area is 134 Å². The van der Waals surface area contributed by atoms with Gasteiger partial charge >= 0.3 is 0 Å². The van der Waals surface area contributed by atoms with Crippen LogP contribution in [0.15, 0.2) is 48.5 Å². The number of nitrogens with zero attached hydrogens (tertiary/aromatic N) is 1. The minimum atomic E-state index is -0.960. The zero-order valence-electron chi connectivity index (χ0n) is 12.8. The van der Waals surface area contributed by atoms with E-state index < -0.39 is 17.7 Å². The molecule has 0 aliphatic heterocycles. The average Bonchev–Trinajstić information content (AvgIpc) is 2.56. The zero-order chi connectivity index (χ0) is 16.7. The van der Waals surface area contributed by atoms with Crippen LogP contribution in [0.25, 0.3) is 0 Å². The van der Waals surface area contributed by atoms with Gasteiger partial charge in [-0.3, -0.25) is 4.90 Å². The third-order valence-corrected chi connectivity index (χ3v) is 3.71. The molecular formula is C18H21F2NO2. The lowest BCUT2D eigenvalue weighted by Gasteiger charge is -2.23. The summed E-state index contributed by atoms with van der Waals surface area (Å²) in [5.41, 5.74) is 1.47. The summed E-state index contributed by atoms with van der Waals surface area (Å²) in [6.45, 7) is 1.70. The molecule has 0 radical (unpaired) electrons. The Morgan fingerprint density at radius 3 is 2.35 bits per heavy atom. The molecular weight excluding hydrogens is 300 g/mol. The van der Waals surface area contributed by atoms with Crippen LogP contribution in [-0.4, -0.2) is 34.8 Å². The summed E-state index contributed by atoms with van der Waals surface area (Å²) >= 11 is 0. The quantitative estimate of drug-likeness (QED) is 0.786. The molecule has 5 heteroatoms. The molecule has 2 N–H and O–H groups in total. The first-order chi connectivity index (χ1) is 11.1. The Kier molecular flexibility index (Phi) is 6.65. The van der Waals surface area contributed by atoms with Crippen LogP contribution in [0.3, 0.4) is 0 Å². The van der Waals surface area contributed by atoms with Crippen molar-refractivity contribution in [2.24, 2.45) is 0 Å². The fourth-order valence-corrected chi connectivity index (χ4v) is 2.44. The van der Waals surface area contributed by atoms with Crippen molar-refractivity contribution in [3.63, 3.8) is 0 Å². The summed E-state index contributed by atoms with van der Waals surface area (Å²) in [6, 6.07) is 13.2. The maximum atomic E-state index is 13.2. The first-order valence-electron chi connectivity index (χ1n) is 7.60. The number of aliphatic hydroxyl groups excluding tert-OH is 2. The van der Waals surface area contributed by atoms with Crippen molar-refractivity contribution in [1.29, 1.82) is 0 Å². The van der Waals surface area contributed by atoms with Gasteiger partial charge in [0.25, 0.3) is 0 Å². The van der Waals surface area contributed by atoms with Crippen LogP contribution in [0.5, 0.6) is 0 Å². The molecule has 1 atom stereocenters. The van der Waals surface area contributed by atoms with Gasteiger partial charge in [-0.15, -0.1) is 0 Å². The number of hydrogen-bond donors (Lipinski definition) is 2. The highest BCUT2D eigenvalue weighted by molar-refractivity contribution is 5.20. The first kappa shape index (κ1) is 17.5. The molecule has 0 aliphatic carbocycles. The number of hydrogen-bond acceptors (Lipinski definition) is 3. The molecule has 0 aliphatic rings. The van der Waals surface area contributed by atoms with Gasteiger partial charge in [-0.2, -0.15) is 0 Å². The largest absolute Gasteiger partial charge is 0.395 e. The average molecular weight is 321 g/mol. The van der Waals surface area contributed by atoms with Crippen molar-refractivity contribution in [2.75, 3.05) is 19.7 Å². The van der Waals surface area contributed by atoms with Gasteiger partial charge in [-0.1, -0.05) is 36.4 Å². The van der Waals surface area contributed by atoms with Crippen LogP contribution in [0.1, 0.15) is 23.7 Å². The minimum Gasteiger partial charge on any atom is -0.395 e. The predicted molar refractivity (Wildman–Crippen MR) is 84.7 cm³/mol. The van der Waals surface area contributed by atoms with Crippen molar-refractivity contribution in [3.8, 4) is 0 Å².